The van der Waals surface area contributed by atoms with Crippen molar-refractivity contribution in [1.82, 2.24) is 0 Å². The van der Waals surface area contributed by atoms with Gasteiger partial charge in [0.25, 0.3) is 0 Å². The molecule has 0 aromatic heterocycles. The van der Waals surface area contributed by atoms with Gasteiger partial charge >= 0.3 is 6.18 Å². The highest BCUT2D eigenvalue weighted by Crippen LogP contribution is 2.56. The summed E-state index contributed by atoms with van der Waals surface area (Å²) in [6.07, 6.45) is -5.21. The van der Waals surface area contributed by atoms with Gasteiger partial charge in [-0.1, -0.05) is 27.7 Å². The third-order valence-electron chi connectivity index (χ3n) is 1.77. The van der Waals surface area contributed by atoms with E-state index in [9.17, 15) is 22.0 Å². The molecule has 0 rings (SSSR count). The minimum absolute atomic E-state index is 0.312. The van der Waals surface area contributed by atoms with E-state index in [0.29, 0.717) is 0 Å². The average molecular weight is 248 g/mol. The summed E-state index contributed by atoms with van der Waals surface area (Å²) in [6.45, 7) is 6.37. The molecule has 0 aromatic carbocycles. The summed E-state index contributed by atoms with van der Waals surface area (Å²) in [5, 5.41) is 0. The van der Waals surface area contributed by atoms with Crippen molar-refractivity contribution >= 4 is 7.92 Å². The first kappa shape index (κ1) is 14.8. The van der Waals surface area contributed by atoms with Gasteiger partial charge in [0, 0.05) is 0 Å². The van der Waals surface area contributed by atoms with Crippen molar-refractivity contribution in [2.45, 2.75) is 45.2 Å². The predicted molar refractivity (Wildman–Crippen MR) is 52.5 cm³/mol. The Hall–Kier alpha value is -0.180. The zero-order valence-corrected chi connectivity index (χ0v) is 9.89. The monoisotopic (exact) mass is 248 g/mol. The lowest BCUT2D eigenvalue weighted by Gasteiger charge is -2.24. The van der Waals surface area contributed by atoms with E-state index < -0.39 is 25.5 Å². The number of halogens is 5. The Bertz CT molecular complexity index is 233. The van der Waals surface area contributed by atoms with E-state index in [1.807, 2.05) is 0 Å². The molecular formula is C9H14F5P. The molecule has 90 valence electrons. The molecule has 0 nitrogen and oxygen atoms in total. The summed E-state index contributed by atoms with van der Waals surface area (Å²) in [7, 11) is -1.73. The first-order valence-electron chi connectivity index (χ1n) is 4.49. The number of allylic oxidation sites excluding steroid dienone is 1. The Kier molecular flexibility index (Phi) is 5.18. The van der Waals surface area contributed by atoms with Gasteiger partial charge in [-0.15, -0.1) is 0 Å². The summed E-state index contributed by atoms with van der Waals surface area (Å²) < 4.78 is 61.7. The van der Waals surface area contributed by atoms with Crippen LogP contribution in [-0.4, -0.2) is 17.5 Å². The van der Waals surface area contributed by atoms with Crippen molar-refractivity contribution in [3.63, 3.8) is 0 Å². The maximum absolute atomic E-state index is 13.3. The molecule has 0 unspecified atom stereocenters. The molecule has 0 radical (unpaired) electrons. The zero-order valence-electron chi connectivity index (χ0n) is 8.99. The molecule has 0 aromatic rings. The number of alkyl halides is 3. The van der Waals surface area contributed by atoms with Crippen LogP contribution in [0.1, 0.15) is 27.7 Å². The molecule has 0 spiro atoms. The molecule has 0 N–H and O–H groups in total. The third-order valence-corrected chi connectivity index (χ3v) is 4.64. The quantitative estimate of drug-likeness (QED) is 0.489. The molecule has 0 fully saturated rings. The minimum Gasteiger partial charge on any atom is -0.203 e. The van der Waals surface area contributed by atoms with E-state index in [4.69, 9.17) is 0 Å². The Labute approximate surface area is 87.3 Å². The van der Waals surface area contributed by atoms with Crippen LogP contribution in [-0.2, 0) is 0 Å². The highest BCUT2D eigenvalue weighted by Gasteiger charge is 2.41. The van der Waals surface area contributed by atoms with Crippen LogP contribution in [0.2, 0.25) is 0 Å². The van der Waals surface area contributed by atoms with Gasteiger partial charge in [0.2, 0.25) is 5.83 Å². The molecule has 6 heteroatoms. The Morgan fingerprint density at radius 1 is 0.933 bits per heavy atom. The maximum Gasteiger partial charge on any atom is 0.445 e. The van der Waals surface area contributed by atoms with Crippen molar-refractivity contribution < 1.29 is 22.0 Å². The van der Waals surface area contributed by atoms with Crippen LogP contribution in [0.5, 0.6) is 0 Å². The maximum atomic E-state index is 13.3. The normalized spacial score (nSPS) is 15.2. The standard InChI is InChI=1S/C9H14F5P/c1-5(2)15(6(3)4)8(11)7(10)9(12,13)14/h5-6H,1-4H3/b8-7-. The molecule has 0 aliphatic heterocycles. The molecule has 0 atom stereocenters. The summed E-state index contributed by atoms with van der Waals surface area (Å²) >= 11 is 0. The van der Waals surface area contributed by atoms with Gasteiger partial charge in [0.15, 0.2) is 5.57 Å². The number of hydrogen-bond donors (Lipinski definition) is 0. The summed E-state index contributed by atoms with van der Waals surface area (Å²) in [4.78, 5) is 0. The summed E-state index contributed by atoms with van der Waals surface area (Å²) in [5.74, 6) is -2.57. The van der Waals surface area contributed by atoms with Crippen molar-refractivity contribution in [3.05, 3.63) is 11.4 Å². The van der Waals surface area contributed by atoms with Gasteiger partial charge in [-0.25, -0.2) is 4.39 Å². The fraction of sp³-hybridized carbons (Fsp3) is 0.778. The minimum atomic E-state index is -5.21. The van der Waals surface area contributed by atoms with Gasteiger partial charge in [-0.3, -0.25) is 0 Å². The van der Waals surface area contributed by atoms with Crippen molar-refractivity contribution in [3.8, 4) is 0 Å². The van der Waals surface area contributed by atoms with Crippen molar-refractivity contribution in [2.75, 3.05) is 0 Å². The highest BCUT2D eigenvalue weighted by atomic mass is 31.1. The van der Waals surface area contributed by atoms with E-state index >= 15 is 0 Å². The van der Waals surface area contributed by atoms with Crippen LogP contribution in [0.15, 0.2) is 11.4 Å². The molecule has 0 aliphatic rings. The van der Waals surface area contributed by atoms with Crippen LogP contribution >= 0.6 is 7.92 Å². The van der Waals surface area contributed by atoms with Crippen LogP contribution in [0.25, 0.3) is 0 Å². The highest BCUT2D eigenvalue weighted by molar-refractivity contribution is 7.63. The second kappa shape index (κ2) is 5.24. The zero-order chi connectivity index (χ0) is 12.4. The van der Waals surface area contributed by atoms with E-state index in [1.54, 1.807) is 27.7 Å². The molecule has 15 heavy (non-hydrogen) atoms. The van der Waals surface area contributed by atoms with Crippen molar-refractivity contribution in [2.24, 2.45) is 0 Å². The topological polar surface area (TPSA) is 0 Å². The first-order valence-corrected chi connectivity index (χ1v) is 5.97. The largest absolute Gasteiger partial charge is 0.445 e. The van der Waals surface area contributed by atoms with Gasteiger partial charge in [-0.2, -0.15) is 17.6 Å². The van der Waals surface area contributed by atoms with Crippen LogP contribution in [0.4, 0.5) is 22.0 Å². The SMILES string of the molecule is CC(C)P(/C(F)=C(\F)C(F)(F)F)C(C)C. The first-order chi connectivity index (χ1) is 6.59. The van der Waals surface area contributed by atoms with E-state index in [-0.39, 0.29) is 11.3 Å². The lowest BCUT2D eigenvalue weighted by atomic mass is 10.5. The van der Waals surface area contributed by atoms with E-state index in [1.165, 1.54) is 0 Å². The molecule has 0 saturated heterocycles. The van der Waals surface area contributed by atoms with Gasteiger partial charge in [-0.05, 0) is 19.2 Å². The molecule has 0 bridgehead atoms. The number of rotatable bonds is 3. The van der Waals surface area contributed by atoms with Gasteiger partial charge < -0.3 is 0 Å². The average Bonchev–Trinajstić information content (AvgIpc) is 1.99. The van der Waals surface area contributed by atoms with Crippen molar-refractivity contribution in [1.29, 1.82) is 0 Å². The predicted octanol–water partition coefficient (Wildman–Crippen LogP) is 4.96. The van der Waals surface area contributed by atoms with Gasteiger partial charge in [0.05, 0.1) is 0 Å². The smallest absolute Gasteiger partial charge is 0.203 e. The Balaban J connectivity index is 5.17. The second-order valence-electron chi connectivity index (χ2n) is 3.70. The fourth-order valence-corrected chi connectivity index (χ4v) is 3.73. The van der Waals surface area contributed by atoms with Crippen LogP contribution in [0, 0.1) is 0 Å². The van der Waals surface area contributed by atoms with Gasteiger partial charge in [0.1, 0.15) is 0 Å². The fourth-order valence-electron chi connectivity index (χ4n) is 1.28. The summed E-state index contributed by atoms with van der Waals surface area (Å²) in [6, 6.07) is 0. The Morgan fingerprint density at radius 2 is 1.27 bits per heavy atom. The molecule has 0 saturated carbocycles. The van der Waals surface area contributed by atoms with E-state index in [0.717, 1.165) is 0 Å². The number of hydrogen-bond acceptors (Lipinski definition) is 0. The molecule has 0 aliphatic carbocycles. The molecular weight excluding hydrogens is 234 g/mol. The second-order valence-corrected chi connectivity index (χ2v) is 6.97. The third kappa shape index (κ3) is 4.06. The lowest BCUT2D eigenvalue weighted by molar-refractivity contribution is -0.110. The van der Waals surface area contributed by atoms with E-state index in [2.05, 4.69) is 0 Å². The Morgan fingerprint density at radius 3 is 1.47 bits per heavy atom. The van der Waals surface area contributed by atoms with Crippen LogP contribution < -0.4 is 0 Å². The molecule has 0 heterocycles. The van der Waals surface area contributed by atoms with Crippen LogP contribution in [0.3, 0.4) is 0 Å². The lowest BCUT2D eigenvalue weighted by Crippen LogP contribution is -2.12. The molecule has 0 amide bonds. The summed E-state index contributed by atoms with van der Waals surface area (Å²) in [5.41, 5.74) is -2.25.